The van der Waals surface area contributed by atoms with Gasteiger partial charge in [0.05, 0.1) is 35.4 Å². The molecule has 2 aromatic heterocycles. The van der Waals surface area contributed by atoms with Gasteiger partial charge in [-0.3, -0.25) is 9.59 Å². The molecule has 42 heavy (non-hydrogen) atoms. The molecule has 0 aliphatic carbocycles. The Morgan fingerprint density at radius 1 is 1.05 bits per heavy atom. The minimum atomic E-state index is -4.49. The predicted molar refractivity (Wildman–Crippen MR) is 146 cm³/mol. The molecule has 0 atom stereocenters. The number of ether oxygens (including phenoxy) is 1. The molecule has 0 spiro atoms. The lowest BCUT2D eigenvalue weighted by Gasteiger charge is -2.19. The van der Waals surface area contributed by atoms with E-state index < -0.39 is 42.2 Å². The fourth-order valence-corrected chi connectivity index (χ4v) is 4.35. The summed E-state index contributed by atoms with van der Waals surface area (Å²) in [5.41, 5.74) is -0.313. The van der Waals surface area contributed by atoms with Crippen LogP contribution in [0.15, 0.2) is 52.9 Å². The zero-order chi connectivity index (χ0) is 30.8. The molecular weight excluding hydrogens is 556 g/mol. The molecule has 2 aromatic carbocycles. The van der Waals surface area contributed by atoms with Crippen LogP contribution in [-0.4, -0.2) is 42.7 Å². The van der Waals surface area contributed by atoms with Gasteiger partial charge in [-0.05, 0) is 68.3 Å². The van der Waals surface area contributed by atoms with Crippen molar-refractivity contribution in [2.45, 2.75) is 38.4 Å². The summed E-state index contributed by atoms with van der Waals surface area (Å²) in [6.45, 7) is 3.01. The molecule has 2 N–H and O–H groups in total. The SMILES string of the molecule is CNC(=O)c1c(-c2ccc(F)cc2)oc2nc(CCC(F)(F)F)c(-c3ccc(OC)c(C(=O)NC(C)(C)C#N)c3)cc12. The fraction of sp³-hybridized carbons (Fsp3) is 0.267. The van der Waals surface area contributed by atoms with E-state index >= 15 is 0 Å². The van der Waals surface area contributed by atoms with Crippen LogP contribution in [0.25, 0.3) is 33.6 Å². The van der Waals surface area contributed by atoms with Crippen molar-refractivity contribution >= 4 is 22.9 Å². The molecule has 0 saturated carbocycles. The molecule has 0 bridgehead atoms. The summed E-state index contributed by atoms with van der Waals surface area (Å²) >= 11 is 0. The number of hydrogen-bond donors (Lipinski definition) is 2. The first-order valence-electron chi connectivity index (χ1n) is 12.7. The highest BCUT2D eigenvalue weighted by atomic mass is 19.4. The number of nitrogens with one attached hydrogen (secondary N) is 2. The number of nitriles is 1. The Bertz CT molecular complexity index is 1700. The average molecular weight is 583 g/mol. The number of benzene rings is 2. The quantitative estimate of drug-likeness (QED) is 0.239. The van der Waals surface area contributed by atoms with Gasteiger partial charge in [-0.1, -0.05) is 6.07 Å². The fourth-order valence-electron chi connectivity index (χ4n) is 4.35. The van der Waals surface area contributed by atoms with Gasteiger partial charge in [0, 0.05) is 24.6 Å². The summed E-state index contributed by atoms with van der Waals surface area (Å²) < 4.78 is 64.7. The second kappa shape index (κ2) is 11.5. The van der Waals surface area contributed by atoms with Gasteiger partial charge in [0.1, 0.15) is 22.9 Å². The number of amides is 2. The largest absolute Gasteiger partial charge is 0.496 e. The van der Waals surface area contributed by atoms with Gasteiger partial charge in [0.2, 0.25) is 5.71 Å². The highest BCUT2D eigenvalue weighted by molar-refractivity contribution is 6.11. The van der Waals surface area contributed by atoms with E-state index in [9.17, 15) is 32.4 Å². The van der Waals surface area contributed by atoms with Crippen molar-refractivity contribution in [2.24, 2.45) is 0 Å². The van der Waals surface area contributed by atoms with Gasteiger partial charge in [-0.2, -0.15) is 18.4 Å². The standard InChI is InChI=1S/C30H26F4N4O4/c1-29(2,15-35)38-26(39)20-13-17(7-10-23(20)41-4)19-14-21-24(27(40)36-3)25(16-5-8-18(31)9-6-16)42-28(21)37-22(19)11-12-30(32,33)34/h5-10,13-14H,11-12H2,1-4H3,(H,36,40)(H,38,39). The van der Waals surface area contributed by atoms with E-state index in [-0.39, 0.29) is 45.0 Å². The lowest BCUT2D eigenvalue weighted by atomic mass is 9.96. The third kappa shape index (κ3) is 6.35. The molecule has 0 aliphatic heterocycles. The van der Waals surface area contributed by atoms with Gasteiger partial charge in [-0.15, -0.1) is 0 Å². The van der Waals surface area contributed by atoms with E-state index in [0.717, 1.165) is 0 Å². The van der Waals surface area contributed by atoms with E-state index in [1.165, 1.54) is 70.5 Å². The Morgan fingerprint density at radius 3 is 2.31 bits per heavy atom. The Kier molecular flexibility index (Phi) is 8.24. The van der Waals surface area contributed by atoms with Crippen molar-refractivity contribution in [3.63, 3.8) is 0 Å². The number of carbonyl (C=O) groups excluding carboxylic acids is 2. The Labute approximate surface area is 238 Å². The summed E-state index contributed by atoms with van der Waals surface area (Å²) in [4.78, 5) is 30.5. The molecule has 0 saturated heterocycles. The maximum absolute atomic E-state index is 13.6. The zero-order valence-corrected chi connectivity index (χ0v) is 23.1. The van der Waals surface area contributed by atoms with Crippen molar-refractivity contribution in [1.29, 1.82) is 5.26 Å². The van der Waals surface area contributed by atoms with E-state index in [0.29, 0.717) is 11.1 Å². The average Bonchev–Trinajstić information content (AvgIpc) is 3.32. The van der Waals surface area contributed by atoms with Crippen LogP contribution in [0.2, 0.25) is 0 Å². The van der Waals surface area contributed by atoms with Crippen LogP contribution in [0, 0.1) is 17.1 Å². The number of pyridine rings is 1. The first-order chi connectivity index (χ1) is 19.8. The highest BCUT2D eigenvalue weighted by Gasteiger charge is 2.30. The number of nitrogens with zero attached hydrogens (tertiary/aromatic N) is 2. The number of carbonyl (C=O) groups is 2. The first-order valence-corrected chi connectivity index (χ1v) is 12.7. The van der Waals surface area contributed by atoms with Crippen LogP contribution in [0.5, 0.6) is 5.75 Å². The molecule has 218 valence electrons. The number of hydrogen-bond acceptors (Lipinski definition) is 6. The van der Waals surface area contributed by atoms with Crippen molar-refractivity contribution in [3.8, 4) is 34.3 Å². The Balaban J connectivity index is 1.97. The van der Waals surface area contributed by atoms with E-state index in [2.05, 4.69) is 15.6 Å². The second-order valence-corrected chi connectivity index (χ2v) is 9.95. The number of furan rings is 1. The second-order valence-electron chi connectivity index (χ2n) is 9.95. The minimum absolute atomic E-state index is 0.0107. The third-order valence-electron chi connectivity index (χ3n) is 6.43. The number of aromatic nitrogens is 1. The number of methoxy groups -OCH3 is 1. The molecular formula is C30H26F4N4O4. The molecule has 0 radical (unpaired) electrons. The van der Waals surface area contributed by atoms with Gasteiger partial charge < -0.3 is 19.8 Å². The smallest absolute Gasteiger partial charge is 0.389 e. The zero-order valence-electron chi connectivity index (χ0n) is 23.1. The molecule has 2 heterocycles. The van der Waals surface area contributed by atoms with Crippen LogP contribution in [0.1, 0.15) is 46.7 Å². The molecule has 4 aromatic rings. The van der Waals surface area contributed by atoms with E-state index in [1.807, 2.05) is 6.07 Å². The lowest BCUT2D eigenvalue weighted by molar-refractivity contribution is -0.134. The number of rotatable bonds is 8. The van der Waals surface area contributed by atoms with Crippen LogP contribution in [0.4, 0.5) is 17.6 Å². The number of fused-ring (bicyclic) bond motifs is 1. The first kappa shape index (κ1) is 30.0. The summed E-state index contributed by atoms with van der Waals surface area (Å²) in [5.74, 6) is -1.48. The monoisotopic (exact) mass is 582 g/mol. The number of aryl methyl sites for hydroxylation is 1. The summed E-state index contributed by atoms with van der Waals surface area (Å²) in [7, 11) is 2.75. The van der Waals surface area contributed by atoms with Gasteiger partial charge in [0.25, 0.3) is 11.8 Å². The molecule has 12 heteroatoms. The van der Waals surface area contributed by atoms with Crippen molar-refractivity contribution in [2.75, 3.05) is 14.2 Å². The molecule has 8 nitrogen and oxygen atoms in total. The Hall–Kier alpha value is -4.92. The predicted octanol–water partition coefficient (Wildman–Crippen LogP) is 6.20. The van der Waals surface area contributed by atoms with Crippen molar-refractivity contribution < 1.29 is 36.3 Å². The van der Waals surface area contributed by atoms with Crippen molar-refractivity contribution in [3.05, 3.63) is 71.2 Å². The number of alkyl halides is 3. The lowest BCUT2D eigenvalue weighted by Crippen LogP contribution is -2.42. The van der Waals surface area contributed by atoms with Crippen molar-refractivity contribution in [1.82, 2.24) is 15.6 Å². The highest BCUT2D eigenvalue weighted by Crippen LogP contribution is 2.38. The summed E-state index contributed by atoms with van der Waals surface area (Å²) in [6.07, 6.45) is -6.20. The third-order valence-corrected chi connectivity index (χ3v) is 6.43. The van der Waals surface area contributed by atoms with Crippen LogP contribution < -0.4 is 15.4 Å². The summed E-state index contributed by atoms with van der Waals surface area (Å²) in [5, 5.41) is 14.6. The maximum Gasteiger partial charge on any atom is 0.389 e. The molecule has 2 amide bonds. The minimum Gasteiger partial charge on any atom is -0.496 e. The molecule has 0 unspecified atom stereocenters. The normalized spacial score (nSPS) is 11.7. The van der Waals surface area contributed by atoms with Gasteiger partial charge >= 0.3 is 6.18 Å². The maximum atomic E-state index is 13.6. The topological polar surface area (TPSA) is 117 Å². The van der Waals surface area contributed by atoms with E-state index in [4.69, 9.17) is 9.15 Å². The molecule has 0 aliphatic rings. The van der Waals surface area contributed by atoms with Crippen LogP contribution >= 0.6 is 0 Å². The van der Waals surface area contributed by atoms with Crippen LogP contribution in [0.3, 0.4) is 0 Å². The van der Waals surface area contributed by atoms with E-state index in [1.54, 1.807) is 6.07 Å². The molecule has 4 rings (SSSR count). The van der Waals surface area contributed by atoms with Crippen LogP contribution in [-0.2, 0) is 6.42 Å². The van der Waals surface area contributed by atoms with Gasteiger partial charge in [-0.25, -0.2) is 9.37 Å². The molecule has 0 fully saturated rings. The Morgan fingerprint density at radius 2 is 1.71 bits per heavy atom. The summed E-state index contributed by atoms with van der Waals surface area (Å²) in [6, 6.07) is 13.1. The number of halogens is 4. The van der Waals surface area contributed by atoms with Gasteiger partial charge in [0.15, 0.2) is 0 Å².